The summed E-state index contributed by atoms with van der Waals surface area (Å²) in [7, 11) is 0. The van der Waals surface area contributed by atoms with Crippen molar-refractivity contribution >= 4 is 23.5 Å². The maximum absolute atomic E-state index is 5.61. The van der Waals surface area contributed by atoms with Crippen LogP contribution >= 0.6 is 23.5 Å². The summed E-state index contributed by atoms with van der Waals surface area (Å²) >= 11 is 4.01. The molecule has 0 amide bonds. The van der Waals surface area contributed by atoms with Crippen LogP contribution in [0.25, 0.3) is 0 Å². The maximum atomic E-state index is 5.61. The lowest BCUT2D eigenvalue weighted by atomic mass is 9.81. The van der Waals surface area contributed by atoms with Gasteiger partial charge in [0.1, 0.15) is 0 Å². The van der Waals surface area contributed by atoms with Crippen molar-refractivity contribution in [2.24, 2.45) is 0 Å². The minimum absolute atomic E-state index is 0.0574. The van der Waals surface area contributed by atoms with Gasteiger partial charge in [-0.2, -0.15) is 16.7 Å². The van der Waals surface area contributed by atoms with Gasteiger partial charge < -0.3 is 9.84 Å². The summed E-state index contributed by atoms with van der Waals surface area (Å²) in [6, 6.07) is 0. The van der Waals surface area contributed by atoms with E-state index in [1.54, 1.807) is 0 Å². The molecule has 3 heterocycles. The van der Waals surface area contributed by atoms with E-state index in [1.165, 1.54) is 0 Å². The number of hydrogen-bond acceptors (Lipinski definition) is 6. The molecule has 0 bridgehead atoms. The molecule has 4 nitrogen and oxygen atoms in total. The lowest BCUT2D eigenvalue weighted by Gasteiger charge is -2.30. The van der Waals surface area contributed by atoms with Crippen LogP contribution in [0.1, 0.15) is 50.6 Å². The number of thioether (sulfide) groups is 2. The molecule has 3 atom stereocenters. The third kappa shape index (κ3) is 2.88. The van der Waals surface area contributed by atoms with Crippen molar-refractivity contribution in [2.75, 3.05) is 18.8 Å². The quantitative estimate of drug-likeness (QED) is 0.906. The minimum atomic E-state index is 0.0574. The van der Waals surface area contributed by atoms with Gasteiger partial charge in [-0.25, -0.2) is 0 Å². The van der Waals surface area contributed by atoms with Crippen molar-refractivity contribution in [3.05, 3.63) is 11.7 Å². The number of rotatable bonds is 2. The molecule has 112 valence electrons. The van der Waals surface area contributed by atoms with Crippen molar-refractivity contribution in [1.29, 1.82) is 0 Å². The van der Waals surface area contributed by atoms with E-state index >= 15 is 0 Å². The van der Waals surface area contributed by atoms with E-state index in [0.29, 0.717) is 15.7 Å². The minimum Gasteiger partial charge on any atom is -0.339 e. The van der Waals surface area contributed by atoms with Gasteiger partial charge in [-0.15, -0.1) is 11.8 Å². The standard InChI is InChI=1S/C14H23N3OS2/c1-9-10(2)20-11(8-19-9)12-16-13(18-17-12)14(3)4-6-15-7-5-14/h9-11,15H,4-8H2,1-3H3. The van der Waals surface area contributed by atoms with Crippen LogP contribution in [0.4, 0.5) is 0 Å². The first-order chi connectivity index (χ1) is 9.58. The average Bonchev–Trinajstić information content (AvgIpc) is 2.93. The molecule has 0 saturated carbocycles. The van der Waals surface area contributed by atoms with Crippen LogP contribution in [0.2, 0.25) is 0 Å². The first-order valence-electron chi connectivity index (χ1n) is 7.40. The smallest absolute Gasteiger partial charge is 0.232 e. The highest BCUT2D eigenvalue weighted by Gasteiger charge is 2.36. The Hall–Kier alpha value is -0.200. The summed E-state index contributed by atoms with van der Waals surface area (Å²) in [5.74, 6) is 2.83. The predicted molar refractivity (Wildman–Crippen MR) is 85.5 cm³/mol. The molecule has 0 aromatic carbocycles. The summed E-state index contributed by atoms with van der Waals surface area (Å²) in [5, 5.41) is 9.42. The van der Waals surface area contributed by atoms with Crippen LogP contribution in [0, 0.1) is 0 Å². The third-order valence-electron chi connectivity index (χ3n) is 4.50. The van der Waals surface area contributed by atoms with Gasteiger partial charge in [-0.05, 0) is 25.9 Å². The monoisotopic (exact) mass is 313 g/mol. The summed E-state index contributed by atoms with van der Waals surface area (Å²) < 4.78 is 5.61. The number of nitrogens with one attached hydrogen (secondary N) is 1. The van der Waals surface area contributed by atoms with Crippen LogP contribution in [-0.2, 0) is 5.41 Å². The Balaban J connectivity index is 1.73. The lowest BCUT2D eigenvalue weighted by Crippen LogP contribution is -2.37. The van der Waals surface area contributed by atoms with Crippen LogP contribution in [0.15, 0.2) is 4.52 Å². The van der Waals surface area contributed by atoms with Gasteiger partial charge in [-0.3, -0.25) is 0 Å². The van der Waals surface area contributed by atoms with Crippen molar-refractivity contribution < 1.29 is 4.52 Å². The van der Waals surface area contributed by atoms with Gasteiger partial charge in [0.15, 0.2) is 5.82 Å². The van der Waals surface area contributed by atoms with Crippen molar-refractivity contribution in [3.8, 4) is 0 Å². The molecular weight excluding hydrogens is 290 g/mol. The van der Waals surface area contributed by atoms with Crippen molar-refractivity contribution in [2.45, 2.75) is 54.8 Å². The van der Waals surface area contributed by atoms with E-state index in [0.717, 1.165) is 43.4 Å². The van der Waals surface area contributed by atoms with Crippen LogP contribution in [0.3, 0.4) is 0 Å². The van der Waals surface area contributed by atoms with Crippen LogP contribution in [-0.4, -0.2) is 39.5 Å². The SMILES string of the molecule is CC1SCC(c2noc(C3(C)CCNCC3)n2)SC1C. The van der Waals surface area contributed by atoms with E-state index in [9.17, 15) is 0 Å². The molecule has 3 unspecified atom stereocenters. The topological polar surface area (TPSA) is 51.0 Å². The fraction of sp³-hybridized carbons (Fsp3) is 0.857. The number of nitrogens with zero attached hydrogens (tertiary/aromatic N) is 2. The van der Waals surface area contributed by atoms with Gasteiger partial charge in [0, 0.05) is 21.7 Å². The van der Waals surface area contributed by atoms with E-state index in [2.05, 4.69) is 31.2 Å². The van der Waals surface area contributed by atoms with Crippen molar-refractivity contribution in [1.82, 2.24) is 15.5 Å². The number of aromatic nitrogens is 2. The Morgan fingerprint density at radius 2 is 2.00 bits per heavy atom. The summed E-state index contributed by atoms with van der Waals surface area (Å²) in [6.45, 7) is 8.92. The van der Waals surface area contributed by atoms with Crippen LogP contribution in [0.5, 0.6) is 0 Å². The molecule has 20 heavy (non-hydrogen) atoms. The predicted octanol–water partition coefficient (Wildman–Crippen LogP) is 3.01. The number of piperidine rings is 1. The maximum Gasteiger partial charge on any atom is 0.232 e. The van der Waals surface area contributed by atoms with Gasteiger partial charge >= 0.3 is 0 Å². The number of hydrogen-bond donors (Lipinski definition) is 1. The van der Waals surface area contributed by atoms with Gasteiger partial charge in [0.25, 0.3) is 0 Å². The highest BCUT2D eigenvalue weighted by molar-refractivity contribution is 8.07. The largest absolute Gasteiger partial charge is 0.339 e. The summed E-state index contributed by atoms with van der Waals surface area (Å²) in [5.41, 5.74) is 0.0574. The van der Waals surface area contributed by atoms with Gasteiger partial charge in [0.2, 0.25) is 5.89 Å². The molecule has 0 aliphatic carbocycles. The fourth-order valence-electron chi connectivity index (χ4n) is 2.72. The third-order valence-corrected chi connectivity index (χ3v) is 7.89. The van der Waals surface area contributed by atoms with Crippen LogP contribution < -0.4 is 5.32 Å². The molecular formula is C14H23N3OS2. The first-order valence-corrected chi connectivity index (χ1v) is 9.39. The molecule has 1 aromatic rings. The fourth-order valence-corrected chi connectivity index (χ4v) is 5.56. The Labute approximate surface area is 129 Å². The van der Waals surface area contributed by atoms with E-state index in [1.807, 2.05) is 23.5 Å². The van der Waals surface area contributed by atoms with E-state index in [-0.39, 0.29) is 5.41 Å². The molecule has 2 saturated heterocycles. The Morgan fingerprint density at radius 3 is 2.70 bits per heavy atom. The second-order valence-electron chi connectivity index (χ2n) is 6.14. The molecule has 0 radical (unpaired) electrons. The van der Waals surface area contributed by atoms with E-state index < -0.39 is 0 Å². The second kappa shape index (κ2) is 5.89. The molecule has 3 rings (SSSR count). The Morgan fingerprint density at radius 1 is 1.25 bits per heavy atom. The van der Waals surface area contributed by atoms with E-state index in [4.69, 9.17) is 9.51 Å². The Kier molecular flexibility index (Phi) is 4.34. The highest BCUT2D eigenvalue weighted by atomic mass is 32.2. The molecule has 0 spiro atoms. The molecule has 1 aromatic heterocycles. The zero-order valence-electron chi connectivity index (χ0n) is 12.4. The first kappa shape index (κ1) is 14.7. The Bertz CT molecular complexity index is 459. The molecule has 1 N–H and O–H groups in total. The molecule has 2 fully saturated rings. The zero-order chi connectivity index (χ0) is 14.2. The average molecular weight is 313 g/mol. The van der Waals surface area contributed by atoms with Gasteiger partial charge in [0.05, 0.1) is 5.25 Å². The normalized spacial score (nSPS) is 34.0. The van der Waals surface area contributed by atoms with Gasteiger partial charge in [-0.1, -0.05) is 25.9 Å². The lowest BCUT2D eigenvalue weighted by molar-refractivity contribution is 0.240. The zero-order valence-corrected chi connectivity index (χ0v) is 14.0. The molecule has 6 heteroatoms. The van der Waals surface area contributed by atoms with Crippen molar-refractivity contribution in [3.63, 3.8) is 0 Å². The molecule has 2 aliphatic rings. The second-order valence-corrected chi connectivity index (χ2v) is 9.13. The summed E-state index contributed by atoms with van der Waals surface area (Å²) in [6.07, 6.45) is 2.16. The molecule has 2 aliphatic heterocycles. The highest BCUT2D eigenvalue weighted by Crippen LogP contribution is 2.44. The summed E-state index contributed by atoms with van der Waals surface area (Å²) in [4.78, 5) is 4.75.